The Morgan fingerprint density at radius 2 is 1.47 bits per heavy atom. The summed E-state index contributed by atoms with van der Waals surface area (Å²) >= 11 is 3.39. The van der Waals surface area contributed by atoms with Gasteiger partial charge in [-0.15, -0.1) is 0 Å². The quantitative estimate of drug-likeness (QED) is 0.829. The fourth-order valence-electron chi connectivity index (χ4n) is 1.33. The fraction of sp³-hybridized carbons (Fsp3) is 0. The van der Waals surface area contributed by atoms with Crippen molar-refractivity contribution < 1.29 is 5.21 Å². The molecule has 76 valence electrons. The van der Waals surface area contributed by atoms with Crippen molar-refractivity contribution >= 4 is 27.3 Å². The second kappa shape index (κ2) is 4.47. The van der Waals surface area contributed by atoms with Gasteiger partial charge in [-0.05, 0) is 40.2 Å². The molecular weight excluding hydrogens is 254 g/mol. The summed E-state index contributed by atoms with van der Waals surface area (Å²) in [6.07, 6.45) is 0. The molecule has 0 aliphatic rings. The Balaban J connectivity index is 2.37. The Morgan fingerprint density at radius 1 is 0.867 bits per heavy atom. The Morgan fingerprint density at radius 3 is 2.13 bits per heavy atom. The molecule has 2 aromatic rings. The molecule has 0 saturated carbocycles. The molecule has 0 heterocycles. The highest BCUT2D eigenvalue weighted by Gasteiger charge is 2.07. The van der Waals surface area contributed by atoms with Gasteiger partial charge in [0.15, 0.2) is 0 Å². The zero-order chi connectivity index (χ0) is 10.7. The Bertz CT molecular complexity index is 444. The van der Waals surface area contributed by atoms with Crippen molar-refractivity contribution in [3.05, 3.63) is 59.1 Å². The number of para-hydroxylation sites is 2. The van der Waals surface area contributed by atoms with E-state index in [0.717, 1.165) is 20.9 Å². The first kappa shape index (κ1) is 10.2. The van der Waals surface area contributed by atoms with Crippen LogP contribution in [0.3, 0.4) is 0 Å². The van der Waals surface area contributed by atoms with Gasteiger partial charge in [0.05, 0.1) is 11.4 Å². The van der Waals surface area contributed by atoms with Gasteiger partial charge in [0.25, 0.3) is 0 Å². The van der Waals surface area contributed by atoms with E-state index in [2.05, 4.69) is 15.9 Å². The van der Waals surface area contributed by atoms with E-state index >= 15 is 0 Å². The number of anilines is 2. The van der Waals surface area contributed by atoms with E-state index in [1.54, 1.807) is 0 Å². The van der Waals surface area contributed by atoms with Crippen LogP contribution in [0.1, 0.15) is 0 Å². The third-order valence-electron chi connectivity index (χ3n) is 2.08. The standard InChI is InChI=1S/C12H10BrNO/c13-11-8-4-5-9-12(11)14(15)10-6-2-1-3-7-10/h1-9,15H. The van der Waals surface area contributed by atoms with Gasteiger partial charge in [-0.25, -0.2) is 5.06 Å². The summed E-state index contributed by atoms with van der Waals surface area (Å²) in [6.45, 7) is 0. The first-order valence-electron chi connectivity index (χ1n) is 4.57. The minimum absolute atomic E-state index is 0.726. The Hall–Kier alpha value is -1.32. The van der Waals surface area contributed by atoms with Crippen LogP contribution in [0.5, 0.6) is 0 Å². The van der Waals surface area contributed by atoms with Crippen LogP contribution in [0.15, 0.2) is 59.1 Å². The topological polar surface area (TPSA) is 23.5 Å². The van der Waals surface area contributed by atoms with Crippen molar-refractivity contribution in [2.45, 2.75) is 0 Å². The SMILES string of the molecule is ON(c1ccccc1)c1ccccc1Br. The van der Waals surface area contributed by atoms with E-state index in [-0.39, 0.29) is 0 Å². The number of benzene rings is 2. The molecule has 0 spiro atoms. The summed E-state index contributed by atoms with van der Waals surface area (Å²) < 4.78 is 0.858. The molecule has 0 aliphatic carbocycles. The number of halogens is 1. The lowest BCUT2D eigenvalue weighted by Gasteiger charge is -2.17. The molecule has 15 heavy (non-hydrogen) atoms. The average Bonchev–Trinajstić information content (AvgIpc) is 2.30. The third-order valence-corrected chi connectivity index (χ3v) is 2.75. The van der Waals surface area contributed by atoms with Crippen molar-refractivity contribution in [2.24, 2.45) is 0 Å². The molecule has 2 aromatic carbocycles. The maximum Gasteiger partial charge on any atom is 0.0834 e. The smallest absolute Gasteiger partial charge is 0.0834 e. The maximum atomic E-state index is 9.98. The van der Waals surface area contributed by atoms with Crippen LogP contribution in [-0.2, 0) is 0 Å². The predicted octanol–water partition coefficient (Wildman–Crippen LogP) is 3.98. The van der Waals surface area contributed by atoms with Crippen LogP contribution < -0.4 is 5.06 Å². The second-order valence-corrected chi connectivity index (χ2v) is 3.95. The van der Waals surface area contributed by atoms with Crippen molar-refractivity contribution in [1.29, 1.82) is 0 Å². The molecule has 0 unspecified atom stereocenters. The molecule has 0 fully saturated rings. The van der Waals surface area contributed by atoms with E-state index in [4.69, 9.17) is 0 Å². The molecule has 1 N–H and O–H groups in total. The van der Waals surface area contributed by atoms with Gasteiger partial charge in [-0.3, -0.25) is 5.21 Å². The lowest BCUT2D eigenvalue weighted by Crippen LogP contribution is -2.10. The van der Waals surface area contributed by atoms with E-state index < -0.39 is 0 Å². The molecule has 0 bridgehead atoms. The molecule has 0 radical (unpaired) electrons. The van der Waals surface area contributed by atoms with E-state index in [9.17, 15) is 5.21 Å². The van der Waals surface area contributed by atoms with Gasteiger partial charge < -0.3 is 0 Å². The maximum absolute atomic E-state index is 9.98. The lowest BCUT2D eigenvalue weighted by atomic mass is 10.2. The average molecular weight is 264 g/mol. The highest BCUT2D eigenvalue weighted by molar-refractivity contribution is 9.10. The Kier molecular flexibility index (Phi) is 3.04. The van der Waals surface area contributed by atoms with Crippen molar-refractivity contribution in [3.63, 3.8) is 0 Å². The fourth-order valence-corrected chi connectivity index (χ4v) is 1.78. The lowest BCUT2D eigenvalue weighted by molar-refractivity contribution is 0.300. The minimum atomic E-state index is 0.726. The summed E-state index contributed by atoms with van der Waals surface area (Å²) in [5, 5.41) is 11.1. The Labute approximate surface area is 96.9 Å². The van der Waals surface area contributed by atoms with Gasteiger partial charge in [0, 0.05) is 4.47 Å². The van der Waals surface area contributed by atoms with E-state index in [0.29, 0.717) is 0 Å². The molecule has 0 atom stereocenters. The molecule has 0 aliphatic heterocycles. The monoisotopic (exact) mass is 263 g/mol. The molecule has 0 amide bonds. The third kappa shape index (κ3) is 2.19. The summed E-state index contributed by atoms with van der Waals surface area (Å²) in [4.78, 5) is 0. The van der Waals surface area contributed by atoms with Gasteiger partial charge in [0.2, 0.25) is 0 Å². The van der Waals surface area contributed by atoms with E-state index in [1.807, 2.05) is 54.6 Å². The molecule has 2 rings (SSSR count). The van der Waals surface area contributed by atoms with Crippen LogP contribution in [-0.4, -0.2) is 5.21 Å². The van der Waals surface area contributed by atoms with E-state index in [1.165, 1.54) is 0 Å². The van der Waals surface area contributed by atoms with Crippen molar-refractivity contribution in [1.82, 2.24) is 0 Å². The summed E-state index contributed by atoms with van der Waals surface area (Å²) in [5.41, 5.74) is 1.47. The number of rotatable bonds is 2. The van der Waals surface area contributed by atoms with Crippen molar-refractivity contribution in [3.8, 4) is 0 Å². The number of hydrogen-bond acceptors (Lipinski definition) is 2. The largest absolute Gasteiger partial charge is 0.283 e. The molecule has 0 saturated heterocycles. The predicted molar refractivity (Wildman–Crippen MR) is 64.5 cm³/mol. The number of nitrogens with zero attached hydrogens (tertiary/aromatic N) is 1. The second-order valence-electron chi connectivity index (χ2n) is 3.10. The molecule has 0 aromatic heterocycles. The van der Waals surface area contributed by atoms with Crippen LogP contribution in [0.4, 0.5) is 11.4 Å². The highest BCUT2D eigenvalue weighted by atomic mass is 79.9. The zero-order valence-corrected chi connectivity index (χ0v) is 9.55. The van der Waals surface area contributed by atoms with Gasteiger partial charge in [0.1, 0.15) is 0 Å². The van der Waals surface area contributed by atoms with Crippen LogP contribution in [0, 0.1) is 0 Å². The summed E-state index contributed by atoms with van der Waals surface area (Å²) in [7, 11) is 0. The minimum Gasteiger partial charge on any atom is -0.283 e. The molecule has 2 nitrogen and oxygen atoms in total. The summed E-state index contributed by atoms with van der Waals surface area (Å²) in [6, 6.07) is 16.9. The normalized spacial score (nSPS) is 10.0. The first-order valence-corrected chi connectivity index (χ1v) is 5.37. The zero-order valence-electron chi connectivity index (χ0n) is 7.97. The van der Waals surface area contributed by atoms with Crippen LogP contribution in [0.2, 0.25) is 0 Å². The van der Waals surface area contributed by atoms with Gasteiger partial charge in [-0.1, -0.05) is 30.3 Å². The van der Waals surface area contributed by atoms with Crippen LogP contribution >= 0.6 is 15.9 Å². The molecular formula is C12H10BrNO. The molecule has 3 heteroatoms. The van der Waals surface area contributed by atoms with Crippen molar-refractivity contribution in [2.75, 3.05) is 5.06 Å². The highest BCUT2D eigenvalue weighted by Crippen LogP contribution is 2.29. The first-order chi connectivity index (χ1) is 7.29. The van der Waals surface area contributed by atoms with Crippen LogP contribution in [0.25, 0.3) is 0 Å². The number of hydrogen-bond donors (Lipinski definition) is 1. The van der Waals surface area contributed by atoms with Gasteiger partial charge >= 0.3 is 0 Å². The summed E-state index contributed by atoms with van der Waals surface area (Å²) in [5.74, 6) is 0. The van der Waals surface area contributed by atoms with Gasteiger partial charge in [-0.2, -0.15) is 0 Å².